The first kappa shape index (κ1) is 7.98. The van der Waals surface area contributed by atoms with Gasteiger partial charge in [0.15, 0.2) is 13.5 Å². The molecule has 0 amide bonds. The quantitative estimate of drug-likeness (QED) is 0.533. The zero-order valence-electron chi connectivity index (χ0n) is 6.29. The van der Waals surface area contributed by atoms with Crippen molar-refractivity contribution in [2.24, 2.45) is 0 Å². The van der Waals surface area contributed by atoms with E-state index in [0.29, 0.717) is 4.48 Å². The molecule has 1 rings (SSSR count). The highest BCUT2D eigenvalue weighted by molar-refractivity contribution is 4.49. The lowest BCUT2D eigenvalue weighted by Gasteiger charge is -2.37. The second-order valence-electron chi connectivity index (χ2n) is 3.13. The summed E-state index contributed by atoms with van der Waals surface area (Å²) in [5, 5.41) is 17.9. The number of likely N-dealkylation sites (tertiary alicyclic amines) is 1. The molecule has 1 aliphatic rings. The normalized spacial score (nSPS) is 24.6. The van der Waals surface area contributed by atoms with E-state index in [1.54, 1.807) is 0 Å². The molecule has 1 aliphatic heterocycles. The van der Waals surface area contributed by atoms with E-state index in [0.717, 1.165) is 25.9 Å². The van der Waals surface area contributed by atoms with Crippen LogP contribution in [0.1, 0.15) is 19.3 Å². The maximum atomic E-state index is 8.95. The number of aliphatic hydroxyl groups is 2. The van der Waals surface area contributed by atoms with Gasteiger partial charge in [0.1, 0.15) is 0 Å². The van der Waals surface area contributed by atoms with E-state index in [-0.39, 0.29) is 13.5 Å². The Kier molecular flexibility index (Phi) is 2.65. The SMILES string of the molecule is OC[N+]1(CO)CCCCC1. The maximum Gasteiger partial charge on any atom is 0.182 e. The van der Waals surface area contributed by atoms with Crippen LogP contribution in [0.25, 0.3) is 0 Å². The molecule has 0 atom stereocenters. The third-order valence-corrected chi connectivity index (χ3v) is 2.36. The van der Waals surface area contributed by atoms with Gasteiger partial charge in [-0.2, -0.15) is 0 Å². The zero-order chi connectivity index (χ0) is 7.45. The summed E-state index contributed by atoms with van der Waals surface area (Å²) in [5.74, 6) is 0. The first-order chi connectivity index (χ1) is 4.83. The number of hydrogen-bond acceptors (Lipinski definition) is 2. The fourth-order valence-corrected chi connectivity index (χ4v) is 1.51. The summed E-state index contributed by atoms with van der Waals surface area (Å²) in [4.78, 5) is 0. The van der Waals surface area contributed by atoms with E-state index in [4.69, 9.17) is 10.2 Å². The summed E-state index contributed by atoms with van der Waals surface area (Å²) in [5.41, 5.74) is 0. The molecule has 0 aromatic heterocycles. The lowest BCUT2D eigenvalue weighted by atomic mass is 10.1. The van der Waals surface area contributed by atoms with Crippen LogP contribution in [0.2, 0.25) is 0 Å². The molecular formula is C7H16NO2+. The summed E-state index contributed by atoms with van der Waals surface area (Å²) in [6, 6.07) is 0. The zero-order valence-corrected chi connectivity index (χ0v) is 6.29. The molecule has 0 aromatic carbocycles. The third-order valence-electron chi connectivity index (χ3n) is 2.36. The Morgan fingerprint density at radius 3 is 1.70 bits per heavy atom. The maximum absolute atomic E-state index is 8.95. The Labute approximate surface area is 61.5 Å². The molecule has 3 nitrogen and oxygen atoms in total. The van der Waals surface area contributed by atoms with E-state index in [1.807, 2.05) is 0 Å². The topological polar surface area (TPSA) is 40.5 Å². The molecule has 0 radical (unpaired) electrons. The Balaban J connectivity index is 2.44. The Morgan fingerprint density at radius 1 is 0.900 bits per heavy atom. The Bertz CT molecular complexity index is 93.8. The molecule has 3 heteroatoms. The van der Waals surface area contributed by atoms with Crippen molar-refractivity contribution in [1.29, 1.82) is 0 Å². The number of hydrogen-bond donors (Lipinski definition) is 2. The Morgan fingerprint density at radius 2 is 1.40 bits per heavy atom. The minimum Gasteiger partial charge on any atom is -0.347 e. The minimum atomic E-state index is 0.0938. The second kappa shape index (κ2) is 3.32. The van der Waals surface area contributed by atoms with Crippen molar-refractivity contribution in [3.05, 3.63) is 0 Å². The van der Waals surface area contributed by atoms with Gasteiger partial charge in [-0.25, -0.2) is 0 Å². The van der Waals surface area contributed by atoms with Gasteiger partial charge in [-0.3, -0.25) is 4.48 Å². The van der Waals surface area contributed by atoms with Crippen molar-refractivity contribution in [2.45, 2.75) is 19.3 Å². The van der Waals surface area contributed by atoms with Crippen molar-refractivity contribution in [2.75, 3.05) is 26.6 Å². The van der Waals surface area contributed by atoms with Gasteiger partial charge in [-0.1, -0.05) is 0 Å². The van der Waals surface area contributed by atoms with Crippen LogP contribution in [0.15, 0.2) is 0 Å². The predicted octanol–water partition coefficient (Wildman–Crippen LogP) is -0.113. The van der Waals surface area contributed by atoms with Gasteiger partial charge in [0.2, 0.25) is 0 Å². The van der Waals surface area contributed by atoms with E-state index in [9.17, 15) is 0 Å². The summed E-state index contributed by atoms with van der Waals surface area (Å²) in [7, 11) is 0. The van der Waals surface area contributed by atoms with Gasteiger partial charge in [0.05, 0.1) is 13.1 Å². The van der Waals surface area contributed by atoms with Crippen LogP contribution in [-0.2, 0) is 0 Å². The minimum absolute atomic E-state index is 0.0938. The molecule has 0 aromatic rings. The van der Waals surface area contributed by atoms with E-state index >= 15 is 0 Å². The van der Waals surface area contributed by atoms with Gasteiger partial charge in [-0.05, 0) is 19.3 Å². The third kappa shape index (κ3) is 1.48. The van der Waals surface area contributed by atoms with Gasteiger partial charge < -0.3 is 10.2 Å². The largest absolute Gasteiger partial charge is 0.347 e. The lowest BCUT2D eigenvalue weighted by Crippen LogP contribution is -2.52. The van der Waals surface area contributed by atoms with Crippen LogP contribution in [0.4, 0.5) is 0 Å². The molecule has 0 aliphatic carbocycles. The van der Waals surface area contributed by atoms with Crippen LogP contribution in [-0.4, -0.2) is 41.2 Å². The fraction of sp³-hybridized carbons (Fsp3) is 1.00. The van der Waals surface area contributed by atoms with Crippen molar-refractivity contribution in [1.82, 2.24) is 0 Å². The molecule has 0 spiro atoms. The van der Waals surface area contributed by atoms with Crippen LogP contribution in [0.3, 0.4) is 0 Å². The summed E-state index contributed by atoms with van der Waals surface area (Å²) in [6.45, 7) is 2.06. The van der Waals surface area contributed by atoms with Crippen LogP contribution < -0.4 is 0 Å². The highest BCUT2D eigenvalue weighted by Crippen LogP contribution is 2.16. The number of quaternary nitrogens is 1. The van der Waals surface area contributed by atoms with Crippen molar-refractivity contribution >= 4 is 0 Å². The first-order valence-corrected chi connectivity index (χ1v) is 3.90. The summed E-state index contributed by atoms with van der Waals surface area (Å²) < 4.78 is 0.500. The average Bonchev–Trinajstić information content (AvgIpc) is 2.06. The molecular weight excluding hydrogens is 130 g/mol. The molecule has 1 fully saturated rings. The average molecular weight is 146 g/mol. The number of nitrogens with zero attached hydrogens (tertiary/aromatic N) is 1. The van der Waals surface area contributed by atoms with Crippen molar-refractivity contribution in [3.63, 3.8) is 0 Å². The molecule has 10 heavy (non-hydrogen) atoms. The second-order valence-corrected chi connectivity index (χ2v) is 3.13. The standard InChI is InChI=1S/C7H16NO2/c9-6-8(7-10)4-2-1-3-5-8/h9-10H,1-7H2/q+1. The summed E-state index contributed by atoms with van der Waals surface area (Å²) >= 11 is 0. The lowest BCUT2D eigenvalue weighted by molar-refractivity contribution is -0.965. The van der Waals surface area contributed by atoms with Crippen LogP contribution in [0.5, 0.6) is 0 Å². The molecule has 1 saturated heterocycles. The predicted molar refractivity (Wildman–Crippen MR) is 38.0 cm³/mol. The number of aliphatic hydroxyl groups excluding tert-OH is 2. The highest BCUT2D eigenvalue weighted by atomic mass is 16.3. The molecule has 60 valence electrons. The molecule has 0 saturated carbocycles. The highest BCUT2D eigenvalue weighted by Gasteiger charge is 2.27. The number of rotatable bonds is 2. The molecule has 0 unspecified atom stereocenters. The van der Waals surface area contributed by atoms with E-state index in [1.165, 1.54) is 6.42 Å². The fourth-order valence-electron chi connectivity index (χ4n) is 1.51. The van der Waals surface area contributed by atoms with Gasteiger partial charge >= 0.3 is 0 Å². The molecule has 2 N–H and O–H groups in total. The molecule has 0 bridgehead atoms. The smallest absolute Gasteiger partial charge is 0.182 e. The van der Waals surface area contributed by atoms with Crippen molar-refractivity contribution < 1.29 is 14.7 Å². The van der Waals surface area contributed by atoms with Gasteiger partial charge in [0, 0.05) is 0 Å². The van der Waals surface area contributed by atoms with Gasteiger partial charge in [0.25, 0.3) is 0 Å². The molecule has 1 heterocycles. The summed E-state index contributed by atoms with van der Waals surface area (Å²) in [6.07, 6.45) is 3.53. The van der Waals surface area contributed by atoms with Crippen molar-refractivity contribution in [3.8, 4) is 0 Å². The van der Waals surface area contributed by atoms with E-state index < -0.39 is 0 Å². The van der Waals surface area contributed by atoms with Crippen LogP contribution in [0, 0.1) is 0 Å². The monoisotopic (exact) mass is 146 g/mol. The Hall–Kier alpha value is -0.120. The first-order valence-electron chi connectivity index (χ1n) is 3.90. The van der Waals surface area contributed by atoms with E-state index in [2.05, 4.69) is 0 Å². The van der Waals surface area contributed by atoms with Gasteiger partial charge in [-0.15, -0.1) is 0 Å². The number of piperidine rings is 1. The van der Waals surface area contributed by atoms with Crippen LogP contribution >= 0.6 is 0 Å².